The van der Waals surface area contributed by atoms with Gasteiger partial charge in [0.15, 0.2) is 23.2 Å². The maximum atomic E-state index is 15.3. The van der Waals surface area contributed by atoms with Gasteiger partial charge in [0.1, 0.15) is 17.7 Å². The second-order valence-corrected chi connectivity index (χ2v) is 10.1. The minimum atomic E-state index is -0.769. The van der Waals surface area contributed by atoms with Crippen molar-refractivity contribution in [2.24, 2.45) is 0 Å². The molecule has 1 amide bonds. The zero-order valence-electron chi connectivity index (χ0n) is 23.7. The summed E-state index contributed by atoms with van der Waals surface area (Å²) in [7, 11) is 1.62. The number of carbonyl (C=O) groups is 1. The summed E-state index contributed by atoms with van der Waals surface area (Å²) in [6, 6.07) is 6.22. The highest BCUT2D eigenvalue weighted by Crippen LogP contribution is 2.35. The van der Waals surface area contributed by atoms with E-state index in [4.69, 9.17) is 4.74 Å². The Morgan fingerprint density at radius 1 is 1.10 bits per heavy atom. The molecule has 4 aromatic rings. The number of aromatic nitrogens is 4. The van der Waals surface area contributed by atoms with Crippen molar-refractivity contribution in [3.8, 4) is 11.6 Å². The first kappa shape index (κ1) is 28.4. The van der Waals surface area contributed by atoms with Gasteiger partial charge in [-0.1, -0.05) is 13.0 Å². The first-order chi connectivity index (χ1) is 19.8. The molecule has 5 rings (SSSR count). The predicted molar refractivity (Wildman–Crippen MR) is 153 cm³/mol. The summed E-state index contributed by atoms with van der Waals surface area (Å²) in [6.45, 7) is 12.1. The van der Waals surface area contributed by atoms with Crippen molar-refractivity contribution >= 4 is 28.4 Å². The lowest BCUT2D eigenvalue weighted by Crippen LogP contribution is -2.45. The van der Waals surface area contributed by atoms with Crippen LogP contribution in [0, 0.1) is 18.6 Å². The predicted octanol–water partition coefficient (Wildman–Crippen LogP) is 4.70. The topological polar surface area (TPSA) is 103 Å². The van der Waals surface area contributed by atoms with E-state index in [9.17, 15) is 9.18 Å². The highest BCUT2D eigenvalue weighted by atomic mass is 19.1. The number of piperazine rings is 1. The van der Waals surface area contributed by atoms with Gasteiger partial charge in [-0.2, -0.15) is 0 Å². The molecule has 1 aromatic carbocycles. The van der Waals surface area contributed by atoms with E-state index in [1.807, 2.05) is 19.1 Å². The van der Waals surface area contributed by atoms with Crippen LogP contribution in [0.4, 0.5) is 20.4 Å². The Kier molecular flexibility index (Phi) is 8.41. The molecule has 0 atom stereocenters. The molecule has 0 spiro atoms. The molecule has 12 heteroatoms. The van der Waals surface area contributed by atoms with E-state index in [1.54, 1.807) is 20.2 Å². The Hall–Kier alpha value is -4.16. The van der Waals surface area contributed by atoms with Crippen LogP contribution in [0.15, 0.2) is 36.8 Å². The second kappa shape index (κ2) is 12.1. The standard InChI is InChI=1S/C29H34F2N8O2/c1-5-37(4)29(40)24-27(36-23-8-7-19(15-32-23)16-39-11-9-38(6-2)10-12-39)33-17-34-28(24)41-22-14-21(30)26-20(25(22)31)13-18(3)35-26/h7-8,13-15,17,35H,5-6,9-12,16H2,1-4H3,(H,32,33,34,36). The molecule has 0 bridgehead atoms. The van der Waals surface area contributed by atoms with Crippen molar-refractivity contribution < 1.29 is 18.3 Å². The number of aryl methyl sites for hydroxylation is 1. The summed E-state index contributed by atoms with van der Waals surface area (Å²) >= 11 is 0. The summed E-state index contributed by atoms with van der Waals surface area (Å²) in [6.07, 6.45) is 2.98. The number of halogens is 2. The highest BCUT2D eigenvalue weighted by molar-refractivity contribution is 6.01. The molecule has 1 aliphatic heterocycles. The third-order valence-corrected chi connectivity index (χ3v) is 7.35. The monoisotopic (exact) mass is 564 g/mol. The summed E-state index contributed by atoms with van der Waals surface area (Å²) in [5.74, 6) is -1.91. The zero-order valence-corrected chi connectivity index (χ0v) is 23.7. The van der Waals surface area contributed by atoms with Crippen molar-refractivity contribution in [2.75, 3.05) is 51.6 Å². The Bertz CT molecular complexity index is 1530. The van der Waals surface area contributed by atoms with Gasteiger partial charge in [0.2, 0.25) is 5.88 Å². The fourth-order valence-electron chi connectivity index (χ4n) is 4.82. The van der Waals surface area contributed by atoms with Gasteiger partial charge < -0.3 is 24.8 Å². The fourth-order valence-corrected chi connectivity index (χ4v) is 4.82. The van der Waals surface area contributed by atoms with Crippen molar-refractivity contribution in [3.63, 3.8) is 0 Å². The average molecular weight is 565 g/mol. The van der Waals surface area contributed by atoms with Crippen molar-refractivity contribution in [1.82, 2.24) is 34.6 Å². The number of aromatic amines is 1. The van der Waals surface area contributed by atoms with E-state index in [0.717, 1.165) is 50.9 Å². The number of rotatable bonds is 9. The number of nitrogens with one attached hydrogen (secondary N) is 2. The molecule has 10 nitrogen and oxygen atoms in total. The second-order valence-electron chi connectivity index (χ2n) is 10.1. The van der Waals surface area contributed by atoms with Crippen molar-refractivity contribution in [1.29, 1.82) is 0 Å². The number of hydrogen-bond donors (Lipinski definition) is 2. The first-order valence-corrected chi connectivity index (χ1v) is 13.7. The number of ether oxygens (including phenoxy) is 1. The summed E-state index contributed by atoms with van der Waals surface area (Å²) in [5, 5.41) is 3.12. The first-order valence-electron chi connectivity index (χ1n) is 13.7. The van der Waals surface area contributed by atoms with Gasteiger partial charge in [0.05, 0.1) is 5.52 Å². The summed E-state index contributed by atoms with van der Waals surface area (Å²) < 4.78 is 35.8. The van der Waals surface area contributed by atoms with E-state index < -0.39 is 23.3 Å². The molecule has 3 aromatic heterocycles. The number of likely N-dealkylation sites (N-methyl/N-ethyl adjacent to an activating group) is 1. The van der Waals surface area contributed by atoms with Gasteiger partial charge in [-0.3, -0.25) is 9.69 Å². The lowest BCUT2D eigenvalue weighted by atomic mass is 10.2. The van der Waals surface area contributed by atoms with E-state index >= 15 is 4.39 Å². The Balaban J connectivity index is 1.41. The molecule has 1 fully saturated rings. The molecule has 0 radical (unpaired) electrons. The van der Waals surface area contributed by atoms with Crippen molar-refractivity contribution in [2.45, 2.75) is 27.3 Å². The molecule has 216 valence electrons. The number of hydrogen-bond acceptors (Lipinski definition) is 8. The minimum absolute atomic E-state index is 0.0262. The zero-order chi connectivity index (χ0) is 29.1. The largest absolute Gasteiger partial charge is 0.435 e. The molecule has 1 aliphatic rings. The molecule has 2 N–H and O–H groups in total. The summed E-state index contributed by atoms with van der Waals surface area (Å²) in [5.41, 5.74) is 1.68. The van der Waals surface area contributed by atoms with Crippen LogP contribution in [0.25, 0.3) is 10.9 Å². The number of pyridine rings is 1. The van der Waals surface area contributed by atoms with Crippen LogP contribution in [0.2, 0.25) is 0 Å². The third kappa shape index (κ3) is 6.13. The molecular formula is C29H34F2N8O2. The number of anilines is 2. The fraction of sp³-hybridized carbons (Fsp3) is 0.379. The third-order valence-electron chi connectivity index (χ3n) is 7.35. The summed E-state index contributed by atoms with van der Waals surface area (Å²) in [4.78, 5) is 35.4. The van der Waals surface area contributed by atoms with Gasteiger partial charge >= 0.3 is 0 Å². The SMILES string of the molecule is CCN1CCN(Cc2ccc(Nc3ncnc(Oc4cc(F)c5[nH]c(C)cc5c4F)c3C(=O)N(C)CC)nc2)CC1. The number of H-pyrrole nitrogens is 1. The van der Waals surface area contributed by atoms with Crippen LogP contribution in [0.3, 0.4) is 0 Å². The number of fused-ring (bicyclic) bond motifs is 1. The molecule has 0 unspecified atom stereocenters. The molecule has 4 heterocycles. The van der Waals surface area contributed by atoms with E-state index in [1.165, 1.54) is 17.3 Å². The minimum Gasteiger partial charge on any atom is -0.435 e. The number of nitrogens with zero attached hydrogens (tertiary/aromatic N) is 6. The van der Waals surface area contributed by atoms with Gasteiger partial charge in [-0.05, 0) is 38.1 Å². The normalized spacial score (nSPS) is 14.4. The molecular weight excluding hydrogens is 530 g/mol. The van der Waals surface area contributed by atoms with Gasteiger partial charge in [-0.15, -0.1) is 0 Å². The molecule has 1 saturated heterocycles. The van der Waals surface area contributed by atoms with Crippen LogP contribution in [-0.4, -0.2) is 86.9 Å². The Morgan fingerprint density at radius 3 is 2.54 bits per heavy atom. The lowest BCUT2D eigenvalue weighted by molar-refractivity contribution is 0.0799. The van der Waals surface area contributed by atoms with Crippen molar-refractivity contribution in [3.05, 3.63) is 65.2 Å². The highest BCUT2D eigenvalue weighted by Gasteiger charge is 2.26. The quantitative estimate of drug-likeness (QED) is 0.302. The van der Waals surface area contributed by atoms with E-state index in [2.05, 4.69) is 42.0 Å². The Morgan fingerprint density at radius 2 is 1.85 bits per heavy atom. The van der Waals surface area contributed by atoms with Crippen LogP contribution >= 0.6 is 0 Å². The molecule has 0 saturated carbocycles. The van der Waals surface area contributed by atoms with Crippen LogP contribution in [0.1, 0.15) is 35.5 Å². The average Bonchev–Trinajstić information content (AvgIpc) is 3.39. The van der Waals surface area contributed by atoms with E-state index in [0.29, 0.717) is 18.1 Å². The number of benzene rings is 1. The molecule has 0 aliphatic carbocycles. The number of amides is 1. The van der Waals surface area contributed by atoms with Gasteiger partial charge in [0, 0.05) is 69.7 Å². The maximum absolute atomic E-state index is 15.3. The van der Waals surface area contributed by atoms with Crippen LogP contribution < -0.4 is 10.1 Å². The Labute approximate surface area is 237 Å². The van der Waals surface area contributed by atoms with Gasteiger partial charge in [-0.25, -0.2) is 23.7 Å². The van der Waals surface area contributed by atoms with E-state index in [-0.39, 0.29) is 28.2 Å². The molecule has 41 heavy (non-hydrogen) atoms. The van der Waals surface area contributed by atoms with Gasteiger partial charge in [0.25, 0.3) is 5.91 Å². The smallest absolute Gasteiger partial charge is 0.262 e. The maximum Gasteiger partial charge on any atom is 0.262 e. The number of carbonyl (C=O) groups excluding carboxylic acids is 1. The van der Waals surface area contributed by atoms with Crippen LogP contribution in [0.5, 0.6) is 11.6 Å². The van der Waals surface area contributed by atoms with Crippen LogP contribution in [-0.2, 0) is 6.54 Å². The lowest BCUT2D eigenvalue weighted by Gasteiger charge is -2.33.